The van der Waals surface area contributed by atoms with Gasteiger partial charge in [-0.1, -0.05) is 0 Å². The van der Waals surface area contributed by atoms with Gasteiger partial charge in [-0.2, -0.15) is 0 Å². The highest BCUT2D eigenvalue weighted by atomic mass is 16.2. The molecular weight excluding hydrogens is 182 g/mol. The molecule has 0 fully saturated rings. The summed E-state index contributed by atoms with van der Waals surface area (Å²) in [5, 5.41) is 5.58. The summed E-state index contributed by atoms with van der Waals surface area (Å²) in [4.78, 5) is 21.6. The predicted molar refractivity (Wildman–Crippen MR) is 54.6 cm³/mol. The van der Waals surface area contributed by atoms with Gasteiger partial charge in [0.05, 0.1) is 6.54 Å². The summed E-state index contributed by atoms with van der Waals surface area (Å²) in [5.41, 5.74) is 4.70. The van der Waals surface area contributed by atoms with Gasteiger partial charge in [-0.15, -0.1) is 0 Å². The van der Waals surface area contributed by atoms with Crippen LogP contribution in [0.3, 0.4) is 0 Å². The monoisotopic (exact) mass is 201 g/mol. The van der Waals surface area contributed by atoms with E-state index in [1.165, 1.54) is 0 Å². The van der Waals surface area contributed by atoms with Gasteiger partial charge in [0, 0.05) is 18.5 Å². The molecule has 2 amide bonds. The van der Waals surface area contributed by atoms with Crippen LogP contribution in [-0.4, -0.2) is 30.4 Å². The van der Waals surface area contributed by atoms with E-state index in [-0.39, 0.29) is 18.0 Å². The normalized spacial score (nSPS) is 11.1. The van der Waals surface area contributed by atoms with Crippen LogP contribution in [0.5, 0.6) is 0 Å². The number of rotatable bonds is 5. The van der Waals surface area contributed by atoms with E-state index in [1.807, 2.05) is 20.8 Å². The number of nitrogens with two attached hydrogens (primary N) is 1. The van der Waals surface area contributed by atoms with Crippen LogP contribution in [0.15, 0.2) is 0 Å². The van der Waals surface area contributed by atoms with E-state index in [0.717, 1.165) is 0 Å². The summed E-state index contributed by atoms with van der Waals surface area (Å²) in [7, 11) is 0. The van der Waals surface area contributed by atoms with Crippen molar-refractivity contribution in [3.8, 4) is 0 Å². The molecule has 0 unspecified atom stereocenters. The molecule has 4 N–H and O–H groups in total. The standard InChI is InChI=1S/C9H19N3O2/c1-9(2,3)12-8(14)4-5-11-6-7(10)13/h11H,4-6H2,1-3H3,(H2,10,13)(H,12,14). The second kappa shape index (κ2) is 5.59. The summed E-state index contributed by atoms with van der Waals surface area (Å²) in [5.74, 6) is -0.448. The predicted octanol–water partition coefficient (Wildman–Crippen LogP) is -0.634. The smallest absolute Gasteiger partial charge is 0.231 e. The highest BCUT2D eigenvalue weighted by Gasteiger charge is 2.12. The third kappa shape index (κ3) is 8.99. The van der Waals surface area contributed by atoms with Gasteiger partial charge in [0.15, 0.2) is 0 Å². The Morgan fingerprint density at radius 1 is 1.29 bits per heavy atom. The summed E-state index contributed by atoms with van der Waals surface area (Å²) in [6.45, 7) is 6.33. The Bertz CT molecular complexity index is 209. The molecule has 0 spiro atoms. The minimum absolute atomic E-state index is 0.0329. The van der Waals surface area contributed by atoms with Crippen molar-refractivity contribution < 1.29 is 9.59 Å². The van der Waals surface area contributed by atoms with Crippen molar-refractivity contribution in [2.45, 2.75) is 32.7 Å². The van der Waals surface area contributed by atoms with Crippen molar-refractivity contribution >= 4 is 11.8 Å². The minimum Gasteiger partial charge on any atom is -0.369 e. The lowest BCUT2D eigenvalue weighted by Gasteiger charge is -2.20. The van der Waals surface area contributed by atoms with E-state index < -0.39 is 5.91 Å². The van der Waals surface area contributed by atoms with Crippen molar-refractivity contribution in [3.63, 3.8) is 0 Å². The van der Waals surface area contributed by atoms with Crippen LogP contribution in [-0.2, 0) is 9.59 Å². The number of hydrogen-bond donors (Lipinski definition) is 3. The lowest BCUT2D eigenvalue weighted by Crippen LogP contribution is -2.42. The van der Waals surface area contributed by atoms with Crippen LogP contribution in [0, 0.1) is 0 Å². The number of nitrogens with one attached hydrogen (secondary N) is 2. The first-order valence-corrected chi connectivity index (χ1v) is 4.61. The number of primary amides is 1. The van der Waals surface area contributed by atoms with Crippen LogP contribution < -0.4 is 16.4 Å². The van der Waals surface area contributed by atoms with E-state index >= 15 is 0 Å². The van der Waals surface area contributed by atoms with Crippen LogP contribution in [0.25, 0.3) is 0 Å². The zero-order chi connectivity index (χ0) is 11.2. The molecule has 0 rings (SSSR count). The molecule has 0 aromatic rings. The molecule has 5 heteroatoms. The van der Waals surface area contributed by atoms with Crippen molar-refractivity contribution in [1.29, 1.82) is 0 Å². The van der Waals surface area contributed by atoms with Gasteiger partial charge in [0.2, 0.25) is 11.8 Å². The first-order chi connectivity index (χ1) is 6.31. The Morgan fingerprint density at radius 2 is 1.86 bits per heavy atom. The van der Waals surface area contributed by atoms with Gasteiger partial charge in [-0.3, -0.25) is 9.59 Å². The van der Waals surface area contributed by atoms with Gasteiger partial charge < -0.3 is 16.4 Å². The summed E-state index contributed by atoms with van der Waals surface area (Å²) < 4.78 is 0. The second-order valence-electron chi connectivity index (χ2n) is 4.19. The quantitative estimate of drug-likeness (QED) is 0.518. The molecule has 0 aromatic carbocycles. The summed E-state index contributed by atoms with van der Waals surface area (Å²) in [6, 6.07) is 0. The number of hydrogen-bond acceptors (Lipinski definition) is 3. The average molecular weight is 201 g/mol. The Kier molecular flexibility index (Phi) is 5.15. The molecule has 0 bridgehead atoms. The van der Waals surface area contributed by atoms with E-state index in [1.54, 1.807) is 0 Å². The lowest BCUT2D eigenvalue weighted by atomic mass is 10.1. The maximum Gasteiger partial charge on any atom is 0.231 e. The van der Waals surface area contributed by atoms with Crippen molar-refractivity contribution in [1.82, 2.24) is 10.6 Å². The number of carbonyl (C=O) groups is 2. The third-order valence-corrected chi connectivity index (χ3v) is 1.34. The molecule has 0 atom stereocenters. The van der Waals surface area contributed by atoms with Crippen molar-refractivity contribution in [2.75, 3.05) is 13.1 Å². The van der Waals surface area contributed by atoms with E-state index in [4.69, 9.17) is 5.73 Å². The number of amides is 2. The molecule has 0 aliphatic heterocycles. The summed E-state index contributed by atoms with van der Waals surface area (Å²) in [6.07, 6.45) is 0.352. The third-order valence-electron chi connectivity index (χ3n) is 1.34. The topological polar surface area (TPSA) is 84.2 Å². The zero-order valence-electron chi connectivity index (χ0n) is 9.02. The Hall–Kier alpha value is -1.10. The van der Waals surface area contributed by atoms with Gasteiger partial charge in [0.25, 0.3) is 0 Å². The van der Waals surface area contributed by atoms with Gasteiger partial charge in [0.1, 0.15) is 0 Å². The van der Waals surface area contributed by atoms with Gasteiger partial charge in [-0.25, -0.2) is 0 Å². The molecule has 0 aliphatic carbocycles. The lowest BCUT2D eigenvalue weighted by molar-refractivity contribution is -0.122. The second-order valence-corrected chi connectivity index (χ2v) is 4.19. The first kappa shape index (κ1) is 12.9. The van der Waals surface area contributed by atoms with Crippen LogP contribution in [0.2, 0.25) is 0 Å². The highest BCUT2D eigenvalue weighted by Crippen LogP contribution is 1.98. The zero-order valence-corrected chi connectivity index (χ0v) is 9.02. The molecule has 14 heavy (non-hydrogen) atoms. The molecule has 0 aliphatic rings. The maximum atomic E-state index is 11.2. The Labute approximate surface area is 84.4 Å². The fraction of sp³-hybridized carbons (Fsp3) is 0.778. The van der Waals surface area contributed by atoms with E-state index in [9.17, 15) is 9.59 Å². The molecule has 0 saturated carbocycles. The molecule has 0 heterocycles. The van der Waals surface area contributed by atoms with Crippen molar-refractivity contribution in [2.24, 2.45) is 5.73 Å². The Balaban J connectivity index is 3.50. The molecule has 82 valence electrons. The molecule has 0 aromatic heterocycles. The van der Waals surface area contributed by atoms with Crippen LogP contribution >= 0.6 is 0 Å². The number of carbonyl (C=O) groups excluding carboxylic acids is 2. The van der Waals surface area contributed by atoms with Crippen LogP contribution in [0.1, 0.15) is 27.2 Å². The van der Waals surface area contributed by atoms with E-state index in [0.29, 0.717) is 13.0 Å². The molecule has 0 radical (unpaired) electrons. The van der Waals surface area contributed by atoms with Crippen LogP contribution in [0.4, 0.5) is 0 Å². The highest BCUT2D eigenvalue weighted by molar-refractivity contribution is 5.77. The average Bonchev–Trinajstić information content (AvgIpc) is 1.94. The van der Waals surface area contributed by atoms with E-state index in [2.05, 4.69) is 10.6 Å². The minimum atomic E-state index is -0.416. The van der Waals surface area contributed by atoms with Gasteiger partial charge >= 0.3 is 0 Å². The fourth-order valence-corrected chi connectivity index (χ4v) is 0.894. The molecule has 0 saturated heterocycles. The summed E-state index contributed by atoms with van der Waals surface area (Å²) >= 11 is 0. The first-order valence-electron chi connectivity index (χ1n) is 4.61. The molecule has 5 nitrogen and oxygen atoms in total. The largest absolute Gasteiger partial charge is 0.369 e. The fourth-order valence-electron chi connectivity index (χ4n) is 0.894. The SMILES string of the molecule is CC(C)(C)NC(=O)CCNCC(N)=O. The molecular formula is C9H19N3O2. The Morgan fingerprint density at radius 3 is 2.29 bits per heavy atom. The van der Waals surface area contributed by atoms with Gasteiger partial charge in [-0.05, 0) is 20.8 Å². The van der Waals surface area contributed by atoms with Crippen molar-refractivity contribution in [3.05, 3.63) is 0 Å². The maximum absolute atomic E-state index is 11.2.